The monoisotopic (exact) mass is 368 g/mol. The maximum atomic E-state index is 12.7. The molecule has 0 aromatic heterocycles. The third-order valence-electron chi connectivity index (χ3n) is 4.37. The Morgan fingerprint density at radius 3 is 2.67 bits per heavy atom. The average molecular weight is 368 g/mol. The van der Waals surface area contributed by atoms with Crippen LogP contribution in [-0.2, 0) is 16.0 Å². The van der Waals surface area contributed by atoms with Gasteiger partial charge in [-0.05, 0) is 36.8 Å². The van der Waals surface area contributed by atoms with Crippen molar-refractivity contribution in [2.45, 2.75) is 13.5 Å². The highest BCUT2D eigenvalue weighted by molar-refractivity contribution is 6.08. The number of carbonyl (C=O) groups is 2. The van der Waals surface area contributed by atoms with E-state index < -0.39 is 5.97 Å². The number of nitrogens with one attached hydrogen (secondary N) is 1. The molecule has 0 spiro atoms. The van der Waals surface area contributed by atoms with Gasteiger partial charge >= 0.3 is 5.97 Å². The molecule has 1 aliphatic heterocycles. The fourth-order valence-corrected chi connectivity index (χ4v) is 3.00. The second-order valence-corrected chi connectivity index (χ2v) is 6.31. The van der Waals surface area contributed by atoms with Gasteiger partial charge in [0, 0.05) is 25.2 Å². The van der Waals surface area contributed by atoms with Crippen molar-refractivity contribution in [3.05, 3.63) is 65.2 Å². The van der Waals surface area contributed by atoms with Crippen molar-refractivity contribution in [3.63, 3.8) is 0 Å². The second kappa shape index (κ2) is 9.30. The lowest BCUT2D eigenvalue weighted by Gasteiger charge is -2.26. The van der Waals surface area contributed by atoms with Crippen LogP contribution in [0.25, 0.3) is 0 Å². The van der Waals surface area contributed by atoms with Gasteiger partial charge < -0.3 is 14.8 Å². The largest absolute Gasteiger partial charge is 0.462 e. The van der Waals surface area contributed by atoms with Gasteiger partial charge in [-0.1, -0.05) is 24.3 Å². The lowest BCUT2D eigenvalue weighted by molar-refractivity contribution is 0.0342. The van der Waals surface area contributed by atoms with Crippen molar-refractivity contribution in [1.29, 1.82) is 0 Å². The number of nitrogens with zero attached hydrogens (tertiary/aromatic N) is 1. The molecule has 3 rings (SSSR count). The number of morpholine rings is 1. The summed E-state index contributed by atoms with van der Waals surface area (Å²) in [5.41, 5.74) is 2.42. The van der Waals surface area contributed by atoms with Crippen molar-refractivity contribution in [2.24, 2.45) is 0 Å². The summed E-state index contributed by atoms with van der Waals surface area (Å²) in [4.78, 5) is 27.1. The van der Waals surface area contributed by atoms with Gasteiger partial charge in [-0.2, -0.15) is 0 Å². The Bertz CT molecular complexity index is 800. The van der Waals surface area contributed by atoms with E-state index in [2.05, 4.69) is 10.2 Å². The van der Waals surface area contributed by atoms with Gasteiger partial charge in [0.05, 0.1) is 31.1 Å². The van der Waals surface area contributed by atoms with Crippen molar-refractivity contribution < 1.29 is 19.1 Å². The molecular formula is C21H24N2O4. The topological polar surface area (TPSA) is 67.9 Å². The van der Waals surface area contributed by atoms with Crippen LogP contribution in [0.5, 0.6) is 0 Å². The van der Waals surface area contributed by atoms with E-state index in [4.69, 9.17) is 9.47 Å². The predicted molar refractivity (Wildman–Crippen MR) is 103 cm³/mol. The Morgan fingerprint density at radius 1 is 1.11 bits per heavy atom. The first-order valence-corrected chi connectivity index (χ1v) is 9.14. The summed E-state index contributed by atoms with van der Waals surface area (Å²) in [6.45, 7) is 6.08. The lowest BCUT2D eigenvalue weighted by Crippen LogP contribution is -2.35. The van der Waals surface area contributed by atoms with Crippen molar-refractivity contribution >= 4 is 17.6 Å². The zero-order chi connectivity index (χ0) is 19.1. The van der Waals surface area contributed by atoms with Crippen LogP contribution in [0, 0.1) is 0 Å². The lowest BCUT2D eigenvalue weighted by atomic mass is 10.1. The van der Waals surface area contributed by atoms with Crippen LogP contribution in [0.3, 0.4) is 0 Å². The number of hydrogen-bond acceptors (Lipinski definition) is 5. The van der Waals surface area contributed by atoms with Crippen LogP contribution >= 0.6 is 0 Å². The molecule has 1 aliphatic rings. The summed E-state index contributed by atoms with van der Waals surface area (Å²) in [5.74, 6) is -0.704. The van der Waals surface area contributed by atoms with E-state index in [-0.39, 0.29) is 12.5 Å². The van der Waals surface area contributed by atoms with Crippen LogP contribution < -0.4 is 5.32 Å². The molecule has 1 N–H and O–H groups in total. The average Bonchev–Trinajstić information content (AvgIpc) is 2.69. The quantitative estimate of drug-likeness (QED) is 0.794. The third kappa shape index (κ3) is 5.15. The van der Waals surface area contributed by atoms with E-state index in [1.54, 1.807) is 37.3 Å². The number of rotatable bonds is 6. The molecule has 0 radical (unpaired) electrons. The SMILES string of the molecule is CCOC(=O)c1ccccc1NC(=O)c1cccc(CN2CCOCC2)c1. The van der Waals surface area contributed by atoms with E-state index in [0.29, 0.717) is 16.8 Å². The Labute approximate surface area is 159 Å². The molecule has 2 aromatic rings. The van der Waals surface area contributed by atoms with Crippen molar-refractivity contribution in [1.82, 2.24) is 4.90 Å². The van der Waals surface area contributed by atoms with Crippen LogP contribution in [0.2, 0.25) is 0 Å². The zero-order valence-electron chi connectivity index (χ0n) is 15.4. The molecule has 142 valence electrons. The van der Waals surface area contributed by atoms with Gasteiger partial charge in [0.1, 0.15) is 0 Å². The van der Waals surface area contributed by atoms with Gasteiger partial charge in [0.2, 0.25) is 0 Å². The van der Waals surface area contributed by atoms with Crippen LogP contribution in [0.4, 0.5) is 5.69 Å². The van der Waals surface area contributed by atoms with E-state index in [1.807, 2.05) is 18.2 Å². The maximum absolute atomic E-state index is 12.7. The highest BCUT2D eigenvalue weighted by atomic mass is 16.5. The number of hydrogen-bond donors (Lipinski definition) is 1. The Hall–Kier alpha value is -2.70. The first-order valence-electron chi connectivity index (χ1n) is 9.14. The number of amides is 1. The Kier molecular flexibility index (Phi) is 6.57. The molecule has 6 heteroatoms. The summed E-state index contributed by atoms with van der Waals surface area (Å²) in [6, 6.07) is 14.4. The molecule has 1 amide bonds. The van der Waals surface area contributed by atoms with E-state index >= 15 is 0 Å². The van der Waals surface area contributed by atoms with Gasteiger partial charge in [-0.15, -0.1) is 0 Å². The van der Waals surface area contributed by atoms with E-state index in [1.165, 1.54) is 0 Å². The van der Waals surface area contributed by atoms with E-state index in [9.17, 15) is 9.59 Å². The van der Waals surface area contributed by atoms with Crippen LogP contribution in [0.15, 0.2) is 48.5 Å². The minimum Gasteiger partial charge on any atom is -0.462 e. The van der Waals surface area contributed by atoms with Gasteiger partial charge in [-0.3, -0.25) is 9.69 Å². The summed E-state index contributed by atoms with van der Waals surface area (Å²) in [7, 11) is 0. The summed E-state index contributed by atoms with van der Waals surface area (Å²) in [6.07, 6.45) is 0. The summed E-state index contributed by atoms with van der Waals surface area (Å²) in [5, 5.41) is 2.82. The molecule has 0 saturated carbocycles. The van der Waals surface area contributed by atoms with Crippen molar-refractivity contribution in [3.8, 4) is 0 Å². The second-order valence-electron chi connectivity index (χ2n) is 6.31. The molecule has 27 heavy (non-hydrogen) atoms. The first-order chi connectivity index (χ1) is 13.2. The van der Waals surface area contributed by atoms with Gasteiger partial charge in [-0.25, -0.2) is 4.79 Å². The van der Waals surface area contributed by atoms with Crippen LogP contribution in [0.1, 0.15) is 33.2 Å². The highest BCUT2D eigenvalue weighted by Gasteiger charge is 2.16. The molecule has 0 unspecified atom stereocenters. The third-order valence-corrected chi connectivity index (χ3v) is 4.37. The fraction of sp³-hybridized carbons (Fsp3) is 0.333. The summed E-state index contributed by atoms with van der Waals surface area (Å²) >= 11 is 0. The minimum absolute atomic E-state index is 0.254. The molecular weight excluding hydrogens is 344 g/mol. The standard InChI is InChI=1S/C21H24N2O4/c1-2-27-21(25)18-8-3-4-9-19(18)22-20(24)17-7-5-6-16(14-17)15-23-10-12-26-13-11-23/h3-9,14H,2,10-13,15H2,1H3,(H,22,24). The van der Waals surface area contributed by atoms with Gasteiger partial charge in [0.25, 0.3) is 5.91 Å². The molecule has 0 bridgehead atoms. The first kappa shape index (κ1) is 19.1. The Morgan fingerprint density at radius 2 is 1.89 bits per heavy atom. The molecule has 1 heterocycles. The fourth-order valence-electron chi connectivity index (χ4n) is 3.00. The molecule has 0 aliphatic carbocycles. The number of esters is 1. The minimum atomic E-state index is -0.450. The predicted octanol–water partition coefficient (Wildman–Crippen LogP) is 2.95. The normalized spacial score (nSPS) is 14.6. The molecule has 1 saturated heterocycles. The highest BCUT2D eigenvalue weighted by Crippen LogP contribution is 2.18. The van der Waals surface area contributed by atoms with Crippen LogP contribution in [-0.4, -0.2) is 49.7 Å². The van der Waals surface area contributed by atoms with Crippen molar-refractivity contribution in [2.75, 3.05) is 38.2 Å². The Balaban J connectivity index is 1.71. The number of anilines is 1. The number of ether oxygens (including phenoxy) is 2. The van der Waals surface area contributed by atoms with E-state index in [0.717, 1.165) is 38.4 Å². The molecule has 2 aromatic carbocycles. The molecule has 0 atom stereocenters. The molecule has 6 nitrogen and oxygen atoms in total. The number of benzene rings is 2. The summed E-state index contributed by atoms with van der Waals surface area (Å²) < 4.78 is 10.4. The molecule has 1 fully saturated rings. The zero-order valence-corrected chi connectivity index (χ0v) is 15.4. The smallest absolute Gasteiger partial charge is 0.340 e. The van der Waals surface area contributed by atoms with Gasteiger partial charge in [0.15, 0.2) is 0 Å². The maximum Gasteiger partial charge on any atom is 0.340 e. The number of carbonyl (C=O) groups excluding carboxylic acids is 2. The number of para-hydroxylation sites is 1.